The van der Waals surface area contributed by atoms with Gasteiger partial charge in [-0.15, -0.1) is 0 Å². The van der Waals surface area contributed by atoms with Crippen molar-refractivity contribution in [3.05, 3.63) is 35.9 Å². The van der Waals surface area contributed by atoms with Gasteiger partial charge in [-0.3, -0.25) is 9.69 Å². The Morgan fingerprint density at radius 1 is 1.10 bits per heavy atom. The molecule has 0 spiro atoms. The van der Waals surface area contributed by atoms with E-state index in [0.717, 1.165) is 52.0 Å². The predicted octanol–water partition coefficient (Wildman–Crippen LogP) is 1.46. The zero-order chi connectivity index (χ0) is 14.7. The number of hydrogen-bond donors (Lipinski definition) is 1. The van der Waals surface area contributed by atoms with Crippen molar-refractivity contribution in [3.63, 3.8) is 0 Å². The Kier molecular flexibility index (Phi) is 4.56. The SMILES string of the molecule is NC1CCC(C(=O)N2CCN(Cc3ccccc3)CC2)C1. The zero-order valence-corrected chi connectivity index (χ0v) is 12.6. The van der Waals surface area contributed by atoms with Crippen molar-refractivity contribution < 1.29 is 4.79 Å². The highest BCUT2D eigenvalue weighted by Crippen LogP contribution is 2.26. The molecule has 3 rings (SSSR count). The highest BCUT2D eigenvalue weighted by atomic mass is 16.2. The van der Waals surface area contributed by atoms with E-state index in [1.807, 2.05) is 11.0 Å². The molecule has 4 heteroatoms. The van der Waals surface area contributed by atoms with Crippen LogP contribution in [0.3, 0.4) is 0 Å². The lowest BCUT2D eigenvalue weighted by Gasteiger charge is -2.36. The maximum Gasteiger partial charge on any atom is 0.225 e. The third kappa shape index (κ3) is 3.63. The quantitative estimate of drug-likeness (QED) is 0.915. The molecule has 1 aromatic carbocycles. The average Bonchev–Trinajstić information content (AvgIpc) is 2.95. The first-order valence-electron chi connectivity index (χ1n) is 8.03. The van der Waals surface area contributed by atoms with Crippen molar-refractivity contribution in [1.29, 1.82) is 0 Å². The van der Waals surface area contributed by atoms with E-state index in [-0.39, 0.29) is 12.0 Å². The van der Waals surface area contributed by atoms with E-state index in [1.165, 1.54) is 5.56 Å². The van der Waals surface area contributed by atoms with Gasteiger partial charge in [-0.1, -0.05) is 30.3 Å². The maximum absolute atomic E-state index is 12.5. The monoisotopic (exact) mass is 287 g/mol. The van der Waals surface area contributed by atoms with Gasteiger partial charge in [-0.25, -0.2) is 0 Å². The minimum Gasteiger partial charge on any atom is -0.340 e. The van der Waals surface area contributed by atoms with Crippen molar-refractivity contribution in [3.8, 4) is 0 Å². The molecule has 2 aliphatic rings. The molecule has 114 valence electrons. The first-order valence-corrected chi connectivity index (χ1v) is 8.03. The van der Waals surface area contributed by atoms with Crippen LogP contribution in [0.15, 0.2) is 30.3 Å². The Morgan fingerprint density at radius 3 is 2.43 bits per heavy atom. The standard InChI is InChI=1S/C17H25N3O/c18-16-7-6-15(12-16)17(21)20-10-8-19(9-11-20)13-14-4-2-1-3-5-14/h1-5,15-16H,6-13,18H2. The van der Waals surface area contributed by atoms with Crippen LogP contribution >= 0.6 is 0 Å². The molecule has 1 aromatic rings. The first-order chi connectivity index (χ1) is 10.2. The highest BCUT2D eigenvalue weighted by molar-refractivity contribution is 5.79. The summed E-state index contributed by atoms with van der Waals surface area (Å²) in [5.41, 5.74) is 7.27. The number of benzene rings is 1. The summed E-state index contributed by atoms with van der Waals surface area (Å²) in [6.45, 7) is 4.64. The van der Waals surface area contributed by atoms with Crippen LogP contribution in [-0.2, 0) is 11.3 Å². The lowest BCUT2D eigenvalue weighted by atomic mass is 10.1. The van der Waals surface area contributed by atoms with Gasteiger partial charge in [0.1, 0.15) is 0 Å². The molecule has 2 N–H and O–H groups in total. The normalized spacial score (nSPS) is 27.0. The molecule has 2 unspecified atom stereocenters. The molecule has 1 aliphatic carbocycles. The Hall–Kier alpha value is -1.39. The van der Waals surface area contributed by atoms with Crippen molar-refractivity contribution in [2.75, 3.05) is 26.2 Å². The predicted molar refractivity (Wildman–Crippen MR) is 83.6 cm³/mol. The molecule has 1 saturated carbocycles. The smallest absolute Gasteiger partial charge is 0.225 e. The summed E-state index contributed by atoms with van der Waals surface area (Å²) in [5.74, 6) is 0.517. The third-order valence-electron chi connectivity index (χ3n) is 4.76. The fraction of sp³-hybridized carbons (Fsp3) is 0.588. The van der Waals surface area contributed by atoms with E-state index in [1.54, 1.807) is 0 Å². The Bertz CT molecular complexity index is 468. The van der Waals surface area contributed by atoms with Gasteiger partial charge in [0, 0.05) is 44.7 Å². The molecular formula is C17H25N3O. The number of carbonyl (C=O) groups excluding carboxylic acids is 1. The number of amides is 1. The Labute approximate surface area is 126 Å². The second kappa shape index (κ2) is 6.58. The highest BCUT2D eigenvalue weighted by Gasteiger charge is 2.32. The number of hydrogen-bond acceptors (Lipinski definition) is 3. The van der Waals surface area contributed by atoms with E-state index < -0.39 is 0 Å². The lowest BCUT2D eigenvalue weighted by molar-refractivity contribution is -0.137. The molecule has 0 radical (unpaired) electrons. The summed E-state index contributed by atoms with van der Waals surface area (Å²) in [6.07, 6.45) is 2.86. The number of rotatable bonds is 3. The van der Waals surface area contributed by atoms with E-state index in [4.69, 9.17) is 5.73 Å². The molecule has 1 amide bonds. The van der Waals surface area contributed by atoms with Crippen LogP contribution in [-0.4, -0.2) is 47.9 Å². The summed E-state index contributed by atoms with van der Waals surface area (Å²) in [5, 5.41) is 0. The summed E-state index contributed by atoms with van der Waals surface area (Å²) in [6, 6.07) is 10.8. The van der Waals surface area contributed by atoms with E-state index in [0.29, 0.717) is 5.91 Å². The number of nitrogens with two attached hydrogens (primary N) is 1. The van der Waals surface area contributed by atoms with Crippen LogP contribution in [0.2, 0.25) is 0 Å². The van der Waals surface area contributed by atoms with Crippen molar-refractivity contribution in [2.24, 2.45) is 11.7 Å². The lowest BCUT2D eigenvalue weighted by Crippen LogP contribution is -2.49. The topological polar surface area (TPSA) is 49.6 Å². The van der Waals surface area contributed by atoms with E-state index >= 15 is 0 Å². The van der Waals surface area contributed by atoms with Gasteiger partial charge in [0.2, 0.25) is 5.91 Å². The molecule has 21 heavy (non-hydrogen) atoms. The maximum atomic E-state index is 12.5. The third-order valence-corrected chi connectivity index (χ3v) is 4.76. The average molecular weight is 287 g/mol. The molecule has 1 heterocycles. The second-order valence-electron chi connectivity index (χ2n) is 6.36. The van der Waals surface area contributed by atoms with E-state index in [2.05, 4.69) is 29.2 Å². The van der Waals surface area contributed by atoms with Gasteiger partial charge in [0.15, 0.2) is 0 Å². The first kappa shape index (κ1) is 14.5. The van der Waals surface area contributed by atoms with Gasteiger partial charge in [0.05, 0.1) is 0 Å². The van der Waals surface area contributed by atoms with Crippen molar-refractivity contribution in [1.82, 2.24) is 9.80 Å². The number of nitrogens with zero attached hydrogens (tertiary/aromatic N) is 2. The molecule has 2 fully saturated rings. The van der Waals surface area contributed by atoms with Crippen LogP contribution in [0.5, 0.6) is 0 Å². The molecule has 2 atom stereocenters. The van der Waals surface area contributed by atoms with Crippen molar-refractivity contribution in [2.45, 2.75) is 31.8 Å². The Morgan fingerprint density at radius 2 is 1.81 bits per heavy atom. The minimum absolute atomic E-state index is 0.181. The molecule has 1 aliphatic heterocycles. The second-order valence-corrected chi connectivity index (χ2v) is 6.36. The van der Waals surface area contributed by atoms with Crippen molar-refractivity contribution >= 4 is 5.91 Å². The van der Waals surface area contributed by atoms with Gasteiger partial charge in [-0.05, 0) is 24.8 Å². The van der Waals surface area contributed by atoms with Crippen LogP contribution in [0.1, 0.15) is 24.8 Å². The number of carbonyl (C=O) groups is 1. The van der Waals surface area contributed by atoms with E-state index in [9.17, 15) is 4.79 Å². The van der Waals surface area contributed by atoms with Crippen LogP contribution in [0, 0.1) is 5.92 Å². The summed E-state index contributed by atoms with van der Waals surface area (Å²) in [7, 11) is 0. The van der Waals surface area contributed by atoms with Crippen LogP contribution in [0.4, 0.5) is 0 Å². The molecule has 1 saturated heterocycles. The van der Waals surface area contributed by atoms with Crippen LogP contribution in [0.25, 0.3) is 0 Å². The van der Waals surface area contributed by atoms with Crippen LogP contribution < -0.4 is 5.73 Å². The zero-order valence-electron chi connectivity index (χ0n) is 12.6. The van der Waals surface area contributed by atoms with Gasteiger partial charge in [-0.2, -0.15) is 0 Å². The molecule has 0 aromatic heterocycles. The number of piperazine rings is 1. The largest absolute Gasteiger partial charge is 0.340 e. The summed E-state index contributed by atoms with van der Waals surface area (Å²) in [4.78, 5) is 16.9. The molecule has 4 nitrogen and oxygen atoms in total. The summed E-state index contributed by atoms with van der Waals surface area (Å²) < 4.78 is 0. The van der Waals surface area contributed by atoms with Gasteiger partial charge >= 0.3 is 0 Å². The summed E-state index contributed by atoms with van der Waals surface area (Å²) >= 11 is 0. The fourth-order valence-corrected chi connectivity index (χ4v) is 3.47. The van der Waals surface area contributed by atoms with Gasteiger partial charge in [0.25, 0.3) is 0 Å². The minimum atomic E-state index is 0.181. The Balaban J connectivity index is 1.47. The van der Waals surface area contributed by atoms with Gasteiger partial charge < -0.3 is 10.6 Å². The molecular weight excluding hydrogens is 262 g/mol. The fourth-order valence-electron chi connectivity index (χ4n) is 3.47. The molecule has 0 bridgehead atoms.